The largest absolute Gasteiger partial charge is 0.462 e. The summed E-state index contributed by atoms with van der Waals surface area (Å²) >= 11 is 6.15. The van der Waals surface area contributed by atoms with E-state index in [0.717, 1.165) is 16.8 Å². The highest BCUT2D eigenvalue weighted by molar-refractivity contribution is 6.30. The maximum Gasteiger partial charge on any atom is 0.352 e. The van der Waals surface area contributed by atoms with Gasteiger partial charge in [-0.15, -0.1) is 0 Å². The fourth-order valence-corrected chi connectivity index (χ4v) is 2.91. The number of esters is 1. The molecule has 6 heteroatoms. The molecule has 0 spiro atoms. The summed E-state index contributed by atoms with van der Waals surface area (Å²) in [7, 11) is 0. The molecule has 126 valence electrons. The molecule has 0 amide bonds. The van der Waals surface area contributed by atoms with Gasteiger partial charge in [-0.05, 0) is 30.7 Å². The summed E-state index contributed by atoms with van der Waals surface area (Å²) in [5.41, 5.74) is 2.61. The summed E-state index contributed by atoms with van der Waals surface area (Å²) in [6, 6.07) is 16.9. The Bertz CT molecular complexity index is 872. The molecule has 0 fully saturated rings. The molecule has 0 aliphatic carbocycles. The van der Waals surface area contributed by atoms with Crippen LogP contribution in [0.2, 0.25) is 5.02 Å². The second-order valence-corrected chi connectivity index (χ2v) is 5.86. The van der Waals surface area contributed by atoms with Crippen molar-refractivity contribution >= 4 is 23.3 Å². The van der Waals surface area contributed by atoms with Crippen LogP contribution in [0.4, 0.5) is 5.69 Å². The Labute approximate surface area is 150 Å². The maximum absolute atomic E-state index is 12.1. The number of ether oxygens (including phenoxy) is 1. The van der Waals surface area contributed by atoms with Crippen LogP contribution in [-0.4, -0.2) is 12.6 Å². The van der Waals surface area contributed by atoms with E-state index in [1.54, 1.807) is 13.0 Å². The molecule has 2 aromatic rings. The highest BCUT2D eigenvalue weighted by atomic mass is 35.5. The molecule has 1 aliphatic rings. The van der Waals surface area contributed by atoms with E-state index >= 15 is 0 Å². The number of fused-ring (bicyclic) bond motifs is 1. The van der Waals surface area contributed by atoms with E-state index in [-0.39, 0.29) is 18.2 Å². The Morgan fingerprint density at radius 3 is 2.72 bits per heavy atom. The molecule has 1 unspecified atom stereocenters. The summed E-state index contributed by atoms with van der Waals surface area (Å²) in [5.74, 6) is -0.339. The number of halogens is 1. The number of carbonyl (C=O) groups excluding carboxylic acids is 1. The highest BCUT2D eigenvalue weighted by Crippen LogP contribution is 2.36. The molecule has 5 nitrogen and oxygen atoms in total. The van der Waals surface area contributed by atoms with Gasteiger partial charge >= 0.3 is 5.97 Å². The van der Waals surface area contributed by atoms with Crippen LogP contribution < -0.4 is 10.6 Å². The average Bonchev–Trinajstić information content (AvgIpc) is 2.63. The van der Waals surface area contributed by atoms with Crippen LogP contribution in [0, 0.1) is 11.3 Å². The fraction of sp³-hybridized carbons (Fsp3) is 0.158. The number of carbonyl (C=O) groups is 1. The van der Waals surface area contributed by atoms with Gasteiger partial charge in [0.15, 0.2) is 5.57 Å². The van der Waals surface area contributed by atoms with Crippen molar-refractivity contribution < 1.29 is 9.53 Å². The van der Waals surface area contributed by atoms with Gasteiger partial charge in [-0.2, -0.15) is 5.26 Å². The second kappa shape index (κ2) is 7.29. The molecule has 25 heavy (non-hydrogen) atoms. The third kappa shape index (κ3) is 3.44. The van der Waals surface area contributed by atoms with E-state index in [4.69, 9.17) is 16.3 Å². The van der Waals surface area contributed by atoms with E-state index in [9.17, 15) is 10.1 Å². The van der Waals surface area contributed by atoms with Crippen molar-refractivity contribution in [2.75, 3.05) is 11.9 Å². The lowest BCUT2D eigenvalue weighted by Crippen LogP contribution is -2.34. The van der Waals surface area contributed by atoms with Crippen LogP contribution in [0.5, 0.6) is 0 Å². The first-order chi connectivity index (χ1) is 12.1. The zero-order valence-electron chi connectivity index (χ0n) is 13.5. The number of nitrogens with zero attached hydrogens (tertiary/aromatic N) is 1. The zero-order valence-corrected chi connectivity index (χ0v) is 14.3. The van der Waals surface area contributed by atoms with Crippen molar-refractivity contribution in [3.05, 3.63) is 76.1 Å². The van der Waals surface area contributed by atoms with Crippen molar-refractivity contribution in [1.29, 1.82) is 5.26 Å². The van der Waals surface area contributed by atoms with Crippen LogP contribution in [0.25, 0.3) is 0 Å². The van der Waals surface area contributed by atoms with Gasteiger partial charge in [0.1, 0.15) is 11.9 Å². The lowest BCUT2D eigenvalue weighted by Gasteiger charge is -2.31. The Kier molecular flexibility index (Phi) is 4.92. The minimum Gasteiger partial charge on any atom is -0.462 e. The van der Waals surface area contributed by atoms with E-state index in [0.29, 0.717) is 10.8 Å². The van der Waals surface area contributed by atoms with Gasteiger partial charge < -0.3 is 15.4 Å². The van der Waals surface area contributed by atoms with Crippen LogP contribution in [-0.2, 0) is 9.53 Å². The molecule has 2 aromatic carbocycles. The zero-order chi connectivity index (χ0) is 17.8. The predicted octanol–water partition coefficient (Wildman–Crippen LogP) is 3.74. The normalized spacial score (nSPS) is 17.4. The predicted molar refractivity (Wildman–Crippen MR) is 95.8 cm³/mol. The van der Waals surface area contributed by atoms with E-state index in [1.165, 1.54) is 0 Å². The Morgan fingerprint density at radius 1 is 1.28 bits per heavy atom. The minimum absolute atomic E-state index is 0.0941. The van der Waals surface area contributed by atoms with Gasteiger partial charge in [0.2, 0.25) is 0 Å². The molecule has 0 bridgehead atoms. The number of nitriles is 1. The first-order valence-corrected chi connectivity index (χ1v) is 8.21. The monoisotopic (exact) mass is 353 g/mol. The number of hydrogen-bond acceptors (Lipinski definition) is 5. The van der Waals surface area contributed by atoms with Gasteiger partial charge in [0, 0.05) is 16.3 Å². The molecule has 1 atom stereocenters. The molecule has 0 radical (unpaired) electrons. The summed E-state index contributed by atoms with van der Waals surface area (Å²) in [6.07, 6.45) is 0. The number of anilines is 1. The average molecular weight is 354 g/mol. The lowest BCUT2D eigenvalue weighted by atomic mass is 9.95. The van der Waals surface area contributed by atoms with Gasteiger partial charge in [-0.3, -0.25) is 0 Å². The van der Waals surface area contributed by atoms with Crippen molar-refractivity contribution in [2.24, 2.45) is 0 Å². The number of nitrogens with one attached hydrogen (secondary N) is 2. The topological polar surface area (TPSA) is 74.2 Å². The molecule has 0 saturated carbocycles. The van der Waals surface area contributed by atoms with Gasteiger partial charge in [-0.25, -0.2) is 4.79 Å². The molecule has 3 rings (SSSR count). The smallest absolute Gasteiger partial charge is 0.352 e. The summed E-state index contributed by atoms with van der Waals surface area (Å²) in [5, 5.41) is 16.4. The number of benzene rings is 2. The van der Waals surface area contributed by atoms with Crippen LogP contribution in [0.15, 0.2) is 59.9 Å². The molecule has 0 saturated heterocycles. The van der Waals surface area contributed by atoms with Gasteiger partial charge in [-0.1, -0.05) is 41.9 Å². The first kappa shape index (κ1) is 16.9. The van der Waals surface area contributed by atoms with Crippen molar-refractivity contribution in [1.82, 2.24) is 5.32 Å². The van der Waals surface area contributed by atoms with Crippen molar-refractivity contribution in [2.45, 2.75) is 13.0 Å². The minimum atomic E-state index is -0.663. The molecule has 0 aromatic heterocycles. The fourth-order valence-electron chi connectivity index (χ4n) is 2.73. The maximum atomic E-state index is 12.1. The molecule has 2 N–H and O–H groups in total. The highest BCUT2D eigenvalue weighted by Gasteiger charge is 2.28. The molecular formula is C19H16ClN3O2. The first-order valence-electron chi connectivity index (χ1n) is 7.83. The van der Waals surface area contributed by atoms with Gasteiger partial charge in [0.25, 0.3) is 0 Å². The number of hydrogen-bond donors (Lipinski definition) is 2. The molecular weight excluding hydrogens is 338 g/mol. The molecule has 1 heterocycles. The van der Waals surface area contributed by atoms with Gasteiger partial charge in [0.05, 0.1) is 12.6 Å². The molecule has 1 aliphatic heterocycles. The summed E-state index contributed by atoms with van der Waals surface area (Å²) in [4.78, 5) is 12.1. The van der Waals surface area contributed by atoms with Crippen LogP contribution in [0.1, 0.15) is 24.1 Å². The number of rotatable bonds is 3. The standard InChI is InChI=1S/C19H16ClN3O2/c1-2-25-19(24)15(11-21)18-22-16-9-8-13(20)10-14(16)17(23-18)12-6-4-3-5-7-12/h3-10,17,22-23H,2H2,1H3/b18-15+. The SMILES string of the molecule is CCOC(=O)/C(C#N)=C1\Nc2ccc(Cl)cc2C(c2ccccc2)N1. The summed E-state index contributed by atoms with van der Waals surface area (Å²) in [6.45, 7) is 1.90. The second-order valence-electron chi connectivity index (χ2n) is 5.43. The Balaban J connectivity index is 2.11. The summed E-state index contributed by atoms with van der Waals surface area (Å²) < 4.78 is 4.98. The van der Waals surface area contributed by atoms with Crippen LogP contribution >= 0.6 is 11.6 Å². The Morgan fingerprint density at radius 2 is 2.04 bits per heavy atom. The lowest BCUT2D eigenvalue weighted by molar-refractivity contribution is -0.138. The van der Waals surface area contributed by atoms with Crippen LogP contribution in [0.3, 0.4) is 0 Å². The van der Waals surface area contributed by atoms with E-state index < -0.39 is 5.97 Å². The van der Waals surface area contributed by atoms with E-state index in [2.05, 4.69) is 10.6 Å². The Hall–Kier alpha value is -2.97. The third-order valence-electron chi connectivity index (χ3n) is 3.85. The quantitative estimate of drug-likeness (QED) is 0.499. The van der Waals surface area contributed by atoms with Crippen molar-refractivity contribution in [3.63, 3.8) is 0 Å². The van der Waals surface area contributed by atoms with Crippen molar-refractivity contribution in [3.8, 4) is 6.07 Å². The third-order valence-corrected chi connectivity index (χ3v) is 4.08. The van der Waals surface area contributed by atoms with E-state index in [1.807, 2.05) is 48.5 Å².